The molecule has 3 heterocycles. The van der Waals surface area contributed by atoms with Crippen LogP contribution in [-0.2, 0) is 4.79 Å². The van der Waals surface area contributed by atoms with Crippen molar-refractivity contribution in [3.05, 3.63) is 72.1 Å². The number of fused-ring (bicyclic) bond motifs is 1. The first-order valence-electron chi connectivity index (χ1n) is 10.2. The van der Waals surface area contributed by atoms with Crippen LogP contribution in [-0.4, -0.2) is 63.5 Å². The summed E-state index contributed by atoms with van der Waals surface area (Å²) in [6.07, 6.45) is 4.72. The Morgan fingerprint density at radius 3 is 2.48 bits per heavy atom. The molecule has 1 aliphatic heterocycles. The second-order valence-electron chi connectivity index (χ2n) is 7.45. The molecule has 1 saturated heterocycles. The lowest BCUT2D eigenvalue weighted by atomic mass is 10.1. The number of hydrogen-bond donors (Lipinski definition) is 4. The third kappa shape index (κ3) is 4.13. The van der Waals surface area contributed by atoms with Gasteiger partial charge in [0.05, 0.1) is 22.7 Å². The van der Waals surface area contributed by atoms with Crippen molar-refractivity contribution in [2.75, 3.05) is 31.2 Å². The number of anilines is 1. The van der Waals surface area contributed by atoms with E-state index in [4.69, 9.17) is 17.0 Å². The summed E-state index contributed by atoms with van der Waals surface area (Å²) in [6, 6.07) is 9.30. The summed E-state index contributed by atoms with van der Waals surface area (Å²) in [4.78, 5) is 35.9. The Morgan fingerprint density at radius 2 is 1.82 bits per heavy atom. The summed E-state index contributed by atoms with van der Waals surface area (Å²) in [7, 11) is 0. The van der Waals surface area contributed by atoms with E-state index in [-0.39, 0.29) is 35.4 Å². The van der Waals surface area contributed by atoms with E-state index in [2.05, 4.69) is 9.97 Å². The molecule has 1 aliphatic rings. The van der Waals surface area contributed by atoms with Gasteiger partial charge in [-0.1, -0.05) is 30.3 Å². The fraction of sp³-hybridized carbons (Fsp3) is 0.182. The minimum Gasteiger partial charge on any atom is -0.403 e. The average molecular weight is 450 g/mol. The molecule has 0 bridgehead atoms. The molecule has 33 heavy (non-hydrogen) atoms. The summed E-state index contributed by atoms with van der Waals surface area (Å²) in [5, 5.41) is 9.38. The molecule has 1 aromatic carbocycles. The number of aromatic nitrogens is 2. The molecule has 0 saturated carbocycles. The van der Waals surface area contributed by atoms with Gasteiger partial charge in [0.1, 0.15) is 5.84 Å². The number of rotatable bonds is 5. The van der Waals surface area contributed by atoms with Crippen molar-refractivity contribution < 1.29 is 14.0 Å². The van der Waals surface area contributed by atoms with Crippen LogP contribution in [0.2, 0.25) is 0 Å². The number of nitrogens with one attached hydrogen (secondary N) is 2. The van der Waals surface area contributed by atoms with Crippen LogP contribution in [0.5, 0.6) is 0 Å². The number of piperazine rings is 1. The predicted molar refractivity (Wildman–Crippen MR) is 122 cm³/mol. The van der Waals surface area contributed by atoms with Crippen LogP contribution in [0.15, 0.2) is 55.1 Å². The van der Waals surface area contributed by atoms with Gasteiger partial charge in [-0.25, -0.2) is 15.2 Å². The van der Waals surface area contributed by atoms with Crippen molar-refractivity contribution in [3.8, 4) is 0 Å². The number of aromatic amines is 1. The molecule has 3 aromatic rings. The zero-order valence-corrected chi connectivity index (χ0v) is 17.7. The molecule has 0 spiro atoms. The summed E-state index contributed by atoms with van der Waals surface area (Å²) >= 11 is 0. The molecule has 1 amide bonds. The van der Waals surface area contributed by atoms with Gasteiger partial charge < -0.3 is 20.5 Å². The van der Waals surface area contributed by atoms with Crippen molar-refractivity contribution in [3.63, 3.8) is 0 Å². The fourth-order valence-electron chi connectivity index (χ4n) is 3.80. The summed E-state index contributed by atoms with van der Waals surface area (Å²) in [6.45, 7) is 1.37. The van der Waals surface area contributed by atoms with Crippen molar-refractivity contribution in [2.24, 2.45) is 11.6 Å². The number of pyridine rings is 1. The Bertz CT molecular complexity index is 1230. The van der Waals surface area contributed by atoms with E-state index in [1.165, 1.54) is 23.5 Å². The average Bonchev–Trinajstić information content (AvgIpc) is 3.30. The van der Waals surface area contributed by atoms with Crippen molar-refractivity contribution in [1.82, 2.24) is 19.8 Å². The van der Waals surface area contributed by atoms with Crippen LogP contribution in [0.4, 0.5) is 10.2 Å². The van der Waals surface area contributed by atoms with Crippen molar-refractivity contribution in [2.45, 2.75) is 0 Å². The largest absolute Gasteiger partial charge is 0.403 e. The highest BCUT2D eigenvalue weighted by atomic mass is 19.1. The van der Waals surface area contributed by atoms with Crippen LogP contribution in [0.1, 0.15) is 15.9 Å². The highest BCUT2D eigenvalue weighted by Crippen LogP contribution is 2.28. The molecular formula is C22H23FN8O2. The number of carbonyl (C=O) groups excluding carboxylic acids is 2. The zero-order chi connectivity index (χ0) is 23.5. The van der Waals surface area contributed by atoms with Crippen molar-refractivity contribution in [1.29, 1.82) is 5.41 Å². The van der Waals surface area contributed by atoms with Gasteiger partial charge in [0.15, 0.2) is 11.6 Å². The van der Waals surface area contributed by atoms with E-state index < -0.39 is 17.5 Å². The summed E-state index contributed by atoms with van der Waals surface area (Å²) in [5.74, 6) is 4.04. The SMILES string of the molecule is N=C(c1ccccc1)N1CCN(C(=O)C(=O)c2c[nH]c3c(N(N)/C=C\N)ncc(F)c23)CC1. The highest BCUT2D eigenvalue weighted by Gasteiger charge is 2.30. The van der Waals surface area contributed by atoms with Crippen LogP contribution < -0.4 is 16.6 Å². The lowest BCUT2D eigenvalue weighted by Gasteiger charge is -2.35. The first-order chi connectivity index (χ1) is 15.9. The molecule has 2 aromatic heterocycles. The zero-order valence-electron chi connectivity index (χ0n) is 17.7. The monoisotopic (exact) mass is 450 g/mol. The number of amides is 1. The van der Waals surface area contributed by atoms with Gasteiger partial charge in [-0.05, 0) is 0 Å². The molecule has 4 rings (SSSR count). The van der Waals surface area contributed by atoms with Crippen LogP contribution >= 0.6 is 0 Å². The first kappa shape index (κ1) is 22.0. The number of hydrogen-bond acceptors (Lipinski definition) is 7. The first-order valence-corrected chi connectivity index (χ1v) is 10.2. The van der Waals surface area contributed by atoms with Gasteiger partial charge in [0.25, 0.3) is 11.7 Å². The van der Waals surface area contributed by atoms with E-state index in [9.17, 15) is 14.0 Å². The third-order valence-corrected chi connectivity index (χ3v) is 5.50. The molecule has 0 aliphatic carbocycles. The van der Waals surface area contributed by atoms with Gasteiger partial charge in [-0.2, -0.15) is 0 Å². The number of benzene rings is 1. The van der Waals surface area contributed by atoms with Gasteiger partial charge in [0.2, 0.25) is 0 Å². The number of H-pyrrole nitrogens is 1. The second-order valence-corrected chi connectivity index (χ2v) is 7.45. The normalized spacial score (nSPS) is 14.1. The number of halogens is 1. The number of ketones is 1. The highest BCUT2D eigenvalue weighted by molar-refractivity contribution is 6.45. The van der Waals surface area contributed by atoms with Gasteiger partial charge >= 0.3 is 0 Å². The minimum absolute atomic E-state index is 0.0660. The van der Waals surface area contributed by atoms with E-state index in [1.807, 2.05) is 35.2 Å². The Hall–Kier alpha value is -4.25. The molecule has 1 fully saturated rings. The van der Waals surface area contributed by atoms with Gasteiger partial charge in [0, 0.05) is 50.3 Å². The van der Waals surface area contributed by atoms with Gasteiger partial charge in [-0.15, -0.1) is 0 Å². The molecule has 6 N–H and O–H groups in total. The number of nitrogens with two attached hydrogens (primary N) is 2. The summed E-state index contributed by atoms with van der Waals surface area (Å²) < 4.78 is 14.6. The number of Topliss-reactive ketones (excluding diaryl/α,β-unsaturated/α-hetero) is 1. The van der Waals surface area contributed by atoms with E-state index in [0.717, 1.165) is 16.8 Å². The molecular weight excluding hydrogens is 427 g/mol. The van der Waals surface area contributed by atoms with Crippen LogP contribution in [0.3, 0.4) is 0 Å². The maximum atomic E-state index is 14.6. The maximum absolute atomic E-state index is 14.6. The minimum atomic E-state index is -0.832. The Kier molecular flexibility index (Phi) is 6.05. The molecule has 0 radical (unpaired) electrons. The maximum Gasteiger partial charge on any atom is 0.295 e. The Balaban J connectivity index is 1.51. The molecule has 10 nitrogen and oxygen atoms in total. The van der Waals surface area contributed by atoms with Crippen LogP contribution in [0.25, 0.3) is 10.9 Å². The number of hydrazine groups is 1. The second kappa shape index (κ2) is 9.09. The van der Waals surface area contributed by atoms with Crippen molar-refractivity contribution >= 4 is 34.2 Å². The standard InChI is InChI=1S/C22H23FN8O2/c23-16-13-28-21(31(26)7-6-24)18-17(16)15(12-27-18)19(32)22(33)30-10-8-29(9-11-30)20(25)14-4-2-1-3-5-14/h1-7,12-13,25,27H,8-11,24,26H2/b7-6-,25-20?. The fourth-order valence-corrected chi connectivity index (χ4v) is 3.80. The topological polar surface area (TPSA) is 148 Å². The number of carbonyl (C=O) groups is 2. The number of nitrogens with zero attached hydrogens (tertiary/aromatic N) is 4. The molecule has 170 valence electrons. The smallest absolute Gasteiger partial charge is 0.295 e. The molecule has 0 unspecified atom stereocenters. The molecule has 11 heteroatoms. The van der Waals surface area contributed by atoms with E-state index in [0.29, 0.717) is 18.9 Å². The van der Waals surface area contributed by atoms with E-state index in [1.54, 1.807) is 0 Å². The third-order valence-electron chi connectivity index (χ3n) is 5.50. The molecule has 0 atom stereocenters. The van der Waals surface area contributed by atoms with Crippen LogP contribution in [0, 0.1) is 11.2 Å². The lowest BCUT2D eigenvalue weighted by Crippen LogP contribution is -2.52. The quantitative estimate of drug-likeness (QED) is 0.114. The Labute approximate surface area is 188 Å². The summed E-state index contributed by atoms with van der Waals surface area (Å²) in [5.41, 5.74) is 6.20. The Morgan fingerprint density at radius 1 is 1.15 bits per heavy atom. The lowest BCUT2D eigenvalue weighted by molar-refractivity contribution is -0.127. The van der Waals surface area contributed by atoms with Gasteiger partial charge in [-0.3, -0.25) is 20.0 Å². The number of amidine groups is 1. The predicted octanol–water partition coefficient (Wildman–Crippen LogP) is 1.16. The van der Waals surface area contributed by atoms with E-state index >= 15 is 0 Å².